The van der Waals surface area contributed by atoms with Gasteiger partial charge >= 0.3 is 0 Å². The number of aryl methyl sites for hydroxylation is 1. The first-order valence-corrected chi connectivity index (χ1v) is 13.9. The molecule has 40 heavy (non-hydrogen) atoms. The number of rotatable bonds is 8. The number of hydrogen-bond donors (Lipinski definition) is 1. The van der Waals surface area contributed by atoms with Crippen LogP contribution >= 0.6 is 35.6 Å². The molecular formula is C31H23ClN2O4S2. The van der Waals surface area contributed by atoms with E-state index in [1.807, 2.05) is 49.4 Å². The predicted octanol–water partition coefficient (Wildman–Crippen LogP) is 7.86. The standard InChI is InChI=1S/C31H23ClN2O4S2/c1-20-10-11-22(32)18-27(20)33-29(35)19-37-26-9-5-6-21(16-26)17-28-30(36)34(31(39)40-28)23-12-14-25(15-13-23)38-24-7-3-2-4-8-24/h2-18H,19H2,1H3,(H,33,35)/b28-17-. The van der Waals surface area contributed by atoms with Crippen LogP contribution in [0.5, 0.6) is 17.2 Å². The predicted molar refractivity (Wildman–Crippen MR) is 165 cm³/mol. The number of para-hydroxylation sites is 1. The van der Waals surface area contributed by atoms with E-state index in [9.17, 15) is 9.59 Å². The van der Waals surface area contributed by atoms with Crippen LogP contribution in [-0.2, 0) is 9.59 Å². The normalized spacial score (nSPS) is 13.9. The van der Waals surface area contributed by atoms with Crippen molar-refractivity contribution >= 4 is 69.2 Å². The van der Waals surface area contributed by atoms with Crippen molar-refractivity contribution in [1.82, 2.24) is 0 Å². The van der Waals surface area contributed by atoms with Gasteiger partial charge in [0.05, 0.1) is 10.6 Å². The van der Waals surface area contributed by atoms with Crippen LogP contribution in [0.3, 0.4) is 0 Å². The highest BCUT2D eigenvalue weighted by Crippen LogP contribution is 2.37. The van der Waals surface area contributed by atoms with Gasteiger partial charge in [0.15, 0.2) is 10.9 Å². The number of nitrogens with zero attached hydrogens (tertiary/aromatic N) is 1. The van der Waals surface area contributed by atoms with Crippen LogP contribution in [0.2, 0.25) is 5.02 Å². The molecule has 5 rings (SSSR count). The minimum absolute atomic E-state index is 0.179. The number of amides is 2. The zero-order valence-electron chi connectivity index (χ0n) is 21.3. The van der Waals surface area contributed by atoms with E-state index >= 15 is 0 Å². The van der Waals surface area contributed by atoms with Gasteiger partial charge in [-0.15, -0.1) is 0 Å². The smallest absolute Gasteiger partial charge is 0.270 e. The molecule has 1 aliphatic heterocycles. The van der Waals surface area contributed by atoms with Gasteiger partial charge in [-0.3, -0.25) is 14.5 Å². The maximum Gasteiger partial charge on any atom is 0.270 e. The Morgan fingerprint density at radius 1 is 0.950 bits per heavy atom. The Labute approximate surface area is 246 Å². The molecular weight excluding hydrogens is 564 g/mol. The number of carbonyl (C=O) groups is 2. The van der Waals surface area contributed by atoms with Crippen LogP contribution in [0.1, 0.15) is 11.1 Å². The summed E-state index contributed by atoms with van der Waals surface area (Å²) < 4.78 is 12.0. The minimum atomic E-state index is -0.308. The zero-order chi connectivity index (χ0) is 28.1. The highest BCUT2D eigenvalue weighted by molar-refractivity contribution is 8.27. The van der Waals surface area contributed by atoms with Crippen molar-refractivity contribution in [3.8, 4) is 17.2 Å². The number of thioether (sulfide) groups is 1. The second-order valence-corrected chi connectivity index (χ2v) is 10.9. The van der Waals surface area contributed by atoms with E-state index in [2.05, 4.69) is 5.32 Å². The fraction of sp³-hybridized carbons (Fsp3) is 0.0645. The van der Waals surface area contributed by atoms with Crippen molar-refractivity contribution in [2.45, 2.75) is 6.92 Å². The number of ether oxygens (including phenoxy) is 2. The third-order valence-corrected chi connectivity index (χ3v) is 7.40. The molecule has 4 aromatic rings. The summed E-state index contributed by atoms with van der Waals surface area (Å²) in [4.78, 5) is 27.6. The van der Waals surface area contributed by atoms with Gasteiger partial charge in [-0.05, 0) is 84.8 Å². The van der Waals surface area contributed by atoms with E-state index in [-0.39, 0.29) is 18.4 Å². The second kappa shape index (κ2) is 12.4. The van der Waals surface area contributed by atoms with Crippen molar-refractivity contribution in [2.75, 3.05) is 16.8 Å². The van der Waals surface area contributed by atoms with Gasteiger partial charge in [-0.25, -0.2) is 0 Å². The number of carbonyl (C=O) groups excluding carboxylic acids is 2. The molecule has 1 heterocycles. The zero-order valence-corrected chi connectivity index (χ0v) is 23.7. The summed E-state index contributed by atoms with van der Waals surface area (Å²) in [6.07, 6.45) is 1.76. The topological polar surface area (TPSA) is 67.9 Å². The fourth-order valence-electron chi connectivity index (χ4n) is 3.89. The molecule has 0 aliphatic carbocycles. The second-order valence-electron chi connectivity index (χ2n) is 8.79. The minimum Gasteiger partial charge on any atom is -0.484 e. The number of benzene rings is 4. The molecule has 0 atom stereocenters. The van der Waals surface area contributed by atoms with Crippen molar-refractivity contribution in [2.24, 2.45) is 0 Å². The Bertz CT molecular complexity index is 1610. The van der Waals surface area contributed by atoms with Gasteiger partial charge in [-0.2, -0.15) is 0 Å². The van der Waals surface area contributed by atoms with Crippen molar-refractivity contribution in [3.05, 3.63) is 118 Å². The highest BCUT2D eigenvalue weighted by atomic mass is 35.5. The monoisotopic (exact) mass is 586 g/mol. The summed E-state index contributed by atoms with van der Waals surface area (Å²) >= 11 is 12.8. The van der Waals surface area contributed by atoms with Crippen LogP contribution in [0.15, 0.2) is 102 Å². The molecule has 1 N–H and O–H groups in total. The van der Waals surface area contributed by atoms with Crippen LogP contribution in [0, 0.1) is 6.92 Å². The summed E-state index contributed by atoms with van der Waals surface area (Å²) in [5.74, 6) is 1.36. The first kappa shape index (κ1) is 27.5. The summed E-state index contributed by atoms with van der Waals surface area (Å²) in [5.41, 5.74) is 2.93. The summed E-state index contributed by atoms with van der Waals surface area (Å²) in [6, 6.07) is 29.1. The first-order valence-electron chi connectivity index (χ1n) is 12.3. The fourth-order valence-corrected chi connectivity index (χ4v) is 5.36. The van der Waals surface area contributed by atoms with Gasteiger partial charge in [-0.1, -0.05) is 72.0 Å². The molecule has 0 saturated carbocycles. The molecule has 0 unspecified atom stereocenters. The quantitative estimate of drug-likeness (QED) is 0.167. The number of halogens is 1. The van der Waals surface area contributed by atoms with E-state index in [0.717, 1.165) is 16.9 Å². The van der Waals surface area contributed by atoms with Crippen molar-refractivity contribution in [3.63, 3.8) is 0 Å². The molecule has 1 saturated heterocycles. The van der Waals surface area contributed by atoms with E-state index in [4.69, 9.17) is 33.3 Å². The lowest BCUT2D eigenvalue weighted by Crippen LogP contribution is -2.27. The Morgan fingerprint density at radius 3 is 2.45 bits per heavy atom. The van der Waals surface area contributed by atoms with Gasteiger partial charge < -0.3 is 14.8 Å². The number of hydrogen-bond acceptors (Lipinski definition) is 6. The SMILES string of the molecule is Cc1ccc(Cl)cc1NC(=O)COc1cccc(/C=C2\SC(=S)N(c3ccc(Oc4ccccc4)cc3)C2=O)c1. The average Bonchev–Trinajstić information content (AvgIpc) is 3.23. The molecule has 200 valence electrons. The Kier molecular flexibility index (Phi) is 8.50. The lowest BCUT2D eigenvalue weighted by Gasteiger charge is -2.15. The number of nitrogens with one attached hydrogen (secondary N) is 1. The summed E-state index contributed by atoms with van der Waals surface area (Å²) in [7, 11) is 0. The average molecular weight is 587 g/mol. The molecule has 6 nitrogen and oxygen atoms in total. The molecule has 0 spiro atoms. The summed E-state index contributed by atoms with van der Waals surface area (Å²) in [6.45, 7) is 1.70. The Morgan fingerprint density at radius 2 is 1.68 bits per heavy atom. The molecule has 1 fully saturated rings. The molecule has 2 amide bonds. The van der Waals surface area contributed by atoms with Gasteiger partial charge in [0.2, 0.25) is 0 Å². The van der Waals surface area contributed by atoms with Crippen molar-refractivity contribution in [1.29, 1.82) is 0 Å². The van der Waals surface area contributed by atoms with Crippen LogP contribution in [0.4, 0.5) is 11.4 Å². The molecule has 0 bridgehead atoms. The molecule has 4 aromatic carbocycles. The molecule has 1 aliphatic rings. The van der Waals surface area contributed by atoms with Crippen molar-refractivity contribution < 1.29 is 19.1 Å². The molecule has 9 heteroatoms. The van der Waals surface area contributed by atoms with E-state index in [1.165, 1.54) is 16.7 Å². The van der Waals surface area contributed by atoms with E-state index in [1.54, 1.807) is 60.7 Å². The van der Waals surface area contributed by atoms with Gasteiger partial charge in [0, 0.05) is 10.7 Å². The van der Waals surface area contributed by atoms with E-state index in [0.29, 0.717) is 37.1 Å². The summed E-state index contributed by atoms with van der Waals surface area (Å²) in [5, 5.41) is 3.34. The third-order valence-electron chi connectivity index (χ3n) is 5.87. The largest absolute Gasteiger partial charge is 0.484 e. The Hall–Kier alpha value is -4.11. The first-order chi connectivity index (χ1) is 19.4. The maximum atomic E-state index is 13.2. The van der Waals surface area contributed by atoms with Gasteiger partial charge in [0.25, 0.3) is 11.8 Å². The van der Waals surface area contributed by atoms with E-state index < -0.39 is 0 Å². The molecule has 0 aromatic heterocycles. The molecule has 0 radical (unpaired) electrons. The Balaban J connectivity index is 1.22. The van der Waals surface area contributed by atoms with Crippen LogP contribution in [-0.4, -0.2) is 22.7 Å². The lowest BCUT2D eigenvalue weighted by molar-refractivity contribution is -0.118. The maximum absolute atomic E-state index is 13.2. The van der Waals surface area contributed by atoms with Crippen LogP contribution in [0.25, 0.3) is 6.08 Å². The van der Waals surface area contributed by atoms with Crippen LogP contribution < -0.4 is 19.7 Å². The van der Waals surface area contributed by atoms with Gasteiger partial charge in [0.1, 0.15) is 17.2 Å². The number of anilines is 2. The lowest BCUT2D eigenvalue weighted by atomic mass is 10.2. The third kappa shape index (κ3) is 6.71. The number of thiocarbonyl (C=S) groups is 1. The highest BCUT2D eigenvalue weighted by Gasteiger charge is 2.33.